The largest absolute Gasteiger partial charge is 0.299 e. The van der Waals surface area contributed by atoms with E-state index in [1.165, 1.54) is 0 Å². The maximum Gasteiger partial charge on any atom is 0.144 e. The van der Waals surface area contributed by atoms with E-state index in [0.29, 0.717) is 0 Å². The molecule has 1 unspecified atom stereocenters. The maximum atomic E-state index is 10.5. The molecule has 0 N–H and O–H groups in total. The molecule has 0 aromatic heterocycles. The fourth-order valence-corrected chi connectivity index (χ4v) is 1.58. The van der Waals surface area contributed by atoms with Gasteiger partial charge in [0.05, 0.1) is 4.83 Å². The van der Waals surface area contributed by atoms with Crippen molar-refractivity contribution in [3.05, 3.63) is 0 Å². The van der Waals surface area contributed by atoms with Crippen LogP contribution in [0.5, 0.6) is 0 Å². The van der Waals surface area contributed by atoms with Gasteiger partial charge in [0, 0.05) is 5.75 Å². The van der Waals surface area contributed by atoms with Crippen molar-refractivity contribution < 1.29 is 4.79 Å². The van der Waals surface area contributed by atoms with Crippen molar-refractivity contribution >= 4 is 33.5 Å². The molecule has 1 nitrogen and oxygen atoms in total. The van der Waals surface area contributed by atoms with E-state index >= 15 is 0 Å². The summed E-state index contributed by atoms with van der Waals surface area (Å²) < 4.78 is 0. The minimum Gasteiger partial charge on any atom is -0.299 e. The molecule has 0 aliphatic carbocycles. The van der Waals surface area contributed by atoms with Crippen LogP contribution in [0.4, 0.5) is 0 Å². The summed E-state index contributed by atoms with van der Waals surface area (Å²) in [5.41, 5.74) is 0. The lowest BCUT2D eigenvalue weighted by Gasteiger charge is -1.99. The summed E-state index contributed by atoms with van der Waals surface area (Å²) in [6, 6.07) is 0. The summed E-state index contributed by atoms with van der Waals surface area (Å²) >= 11 is 4.90. The fourth-order valence-electron chi connectivity index (χ4n) is 0.264. The van der Waals surface area contributed by atoms with Crippen molar-refractivity contribution in [3.63, 3.8) is 0 Å². The smallest absolute Gasteiger partial charge is 0.144 e. The average molecular weight is 227 g/mol. The van der Waals surface area contributed by atoms with Crippen LogP contribution in [-0.4, -0.2) is 22.6 Å². The Bertz CT molecular complexity index is 85.7. The van der Waals surface area contributed by atoms with E-state index in [1.807, 2.05) is 20.1 Å². The van der Waals surface area contributed by atoms with Crippen LogP contribution in [0.15, 0.2) is 0 Å². The molecular formula is C7H15BrOS. The first-order chi connectivity index (χ1) is 4.68. The molecule has 0 radical (unpaired) electrons. The molecule has 1 atom stereocenters. The first-order valence-electron chi connectivity index (χ1n) is 3.32. The molecule has 0 aliphatic heterocycles. The zero-order valence-corrected chi connectivity index (χ0v) is 9.38. The Balaban J connectivity index is 0. The number of carbonyl (C=O) groups excluding carboxylic acids is 1. The first-order valence-corrected chi connectivity index (χ1v) is 5.63. The Labute approximate surface area is 76.1 Å². The van der Waals surface area contributed by atoms with Gasteiger partial charge in [-0.05, 0) is 13.2 Å². The molecule has 10 heavy (non-hydrogen) atoms. The van der Waals surface area contributed by atoms with Crippen molar-refractivity contribution in [2.45, 2.75) is 25.6 Å². The highest BCUT2D eigenvalue weighted by atomic mass is 79.9. The average Bonchev–Trinajstić information content (AvgIpc) is 1.93. The van der Waals surface area contributed by atoms with Crippen molar-refractivity contribution in [2.75, 3.05) is 12.0 Å². The lowest BCUT2D eigenvalue weighted by atomic mass is 10.3. The summed E-state index contributed by atoms with van der Waals surface area (Å²) in [4.78, 5) is 10.5. The molecule has 0 fully saturated rings. The number of rotatable bonds is 3. The Hall–Kier alpha value is 0.500. The Morgan fingerprint density at radius 1 is 1.60 bits per heavy atom. The van der Waals surface area contributed by atoms with Gasteiger partial charge in [0.1, 0.15) is 5.78 Å². The first kappa shape index (κ1) is 13.1. The van der Waals surface area contributed by atoms with Crippen molar-refractivity contribution in [1.82, 2.24) is 0 Å². The standard InChI is InChI=1S/C5H9BrOS.C2H6/c1-4(7)5(6)3-8-2;1-2/h5H,3H2,1-2H3;1-2H3. The van der Waals surface area contributed by atoms with Crippen LogP contribution in [-0.2, 0) is 4.79 Å². The molecule has 62 valence electrons. The lowest BCUT2D eigenvalue weighted by Crippen LogP contribution is -2.11. The third-order valence-electron chi connectivity index (χ3n) is 0.754. The molecule has 0 aliphatic rings. The molecule has 0 amide bonds. The third-order valence-corrected chi connectivity index (χ3v) is 2.82. The number of alkyl halides is 1. The van der Waals surface area contributed by atoms with Crippen molar-refractivity contribution in [1.29, 1.82) is 0 Å². The van der Waals surface area contributed by atoms with Crippen LogP contribution < -0.4 is 0 Å². The highest BCUT2D eigenvalue weighted by Gasteiger charge is 2.06. The molecule has 3 heteroatoms. The molecule has 0 saturated heterocycles. The number of hydrogen-bond acceptors (Lipinski definition) is 2. The van der Waals surface area contributed by atoms with Gasteiger partial charge in [0.2, 0.25) is 0 Å². The molecule has 0 saturated carbocycles. The Morgan fingerprint density at radius 3 is 2.10 bits per heavy atom. The Kier molecular flexibility index (Phi) is 12.5. The minimum absolute atomic E-state index is 0.0532. The highest BCUT2D eigenvalue weighted by molar-refractivity contribution is 9.10. The van der Waals surface area contributed by atoms with Crippen LogP contribution in [0.3, 0.4) is 0 Å². The minimum atomic E-state index is 0.0532. The van der Waals surface area contributed by atoms with Crippen molar-refractivity contribution in [3.8, 4) is 0 Å². The van der Waals surface area contributed by atoms with Gasteiger partial charge < -0.3 is 0 Å². The van der Waals surface area contributed by atoms with Gasteiger partial charge in [-0.15, -0.1) is 0 Å². The second-order valence-corrected chi connectivity index (χ2v) is 3.55. The van der Waals surface area contributed by atoms with E-state index in [2.05, 4.69) is 15.9 Å². The van der Waals surface area contributed by atoms with Crippen LogP contribution in [0.1, 0.15) is 20.8 Å². The van der Waals surface area contributed by atoms with E-state index in [-0.39, 0.29) is 10.6 Å². The molecule has 0 heterocycles. The number of hydrogen-bond donors (Lipinski definition) is 0. The summed E-state index contributed by atoms with van der Waals surface area (Å²) in [5.74, 6) is 1.08. The predicted molar refractivity (Wildman–Crippen MR) is 53.1 cm³/mol. The van der Waals surface area contributed by atoms with Crippen LogP contribution in [0.2, 0.25) is 0 Å². The predicted octanol–water partition coefficient (Wildman–Crippen LogP) is 2.73. The van der Waals surface area contributed by atoms with Crippen molar-refractivity contribution in [2.24, 2.45) is 0 Å². The summed E-state index contributed by atoms with van der Waals surface area (Å²) in [6.45, 7) is 5.59. The second kappa shape index (κ2) is 9.50. The number of carbonyl (C=O) groups is 1. The monoisotopic (exact) mass is 226 g/mol. The van der Waals surface area contributed by atoms with E-state index in [1.54, 1.807) is 18.7 Å². The normalized spacial score (nSPS) is 11.3. The van der Waals surface area contributed by atoms with Crippen LogP contribution >= 0.6 is 27.7 Å². The van der Waals surface area contributed by atoms with Gasteiger partial charge in [-0.1, -0.05) is 29.8 Å². The number of thioether (sulfide) groups is 1. The van der Waals surface area contributed by atoms with Gasteiger partial charge in [0.15, 0.2) is 0 Å². The fraction of sp³-hybridized carbons (Fsp3) is 0.857. The van der Waals surface area contributed by atoms with E-state index < -0.39 is 0 Å². The number of ketones is 1. The molecular weight excluding hydrogens is 212 g/mol. The van der Waals surface area contributed by atoms with E-state index in [9.17, 15) is 4.79 Å². The third kappa shape index (κ3) is 8.50. The summed E-state index contributed by atoms with van der Waals surface area (Å²) in [6.07, 6.45) is 1.98. The molecule has 0 aromatic rings. The van der Waals surface area contributed by atoms with Gasteiger partial charge in [0.25, 0.3) is 0 Å². The quantitative estimate of drug-likeness (QED) is 0.689. The zero-order valence-electron chi connectivity index (χ0n) is 6.98. The van der Waals surface area contributed by atoms with E-state index in [4.69, 9.17) is 0 Å². The van der Waals surface area contributed by atoms with Crippen LogP contribution in [0, 0.1) is 0 Å². The highest BCUT2D eigenvalue weighted by Crippen LogP contribution is 2.06. The van der Waals surface area contributed by atoms with Gasteiger partial charge in [-0.25, -0.2) is 0 Å². The molecule has 0 spiro atoms. The van der Waals surface area contributed by atoms with Crippen LogP contribution in [0.25, 0.3) is 0 Å². The lowest BCUT2D eigenvalue weighted by molar-refractivity contribution is -0.116. The summed E-state index contributed by atoms with van der Waals surface area (Å²) in [7, 11) is 0. The maximum absolute atomic E-state index is 10.5. The van der Waals surface area contributed by atoms with Gasteiger partial charge >= 0.3 is 0 Å². The second-order valence-electron chi connectivity index (χ2n) is 1.53. The number of Topliss-reactive ketones (excluding diaryl/α,β-unsaturated/α-hetero) is 1. The molecule has 0 aromatic carbocycles. The summed E-state index contributed by atoms with van der Waals surface area (Å²) in [5, 5.41) is 0. The number of halogens is 1. The molecule has 0 rings (SSSR count). The Morgan fingerprint density at radius 2 is 2.00 bits per heavy atom. The van der Waals surface area contributed by atoms with E-state index in [0.717, 1.165) is 5.75 Å². The zero-order chi connectivity index (χ0) is 8.57. The van der Waals surface area contributed by atoms with Gasteiger partial charge in [-0.2, -0.15) is 11.8 Å². The SMILES string of the molecule is CC.CSCC(Br)C(C)=O. The van der Waals surface area contributed by atoms with Gasteiger partial charge in [-0.3, -0.25) is 4.79 Å². The molecule has 0 bridgehead atoms. The topological polar surface area (TPSA) is 17.1 Å².